The van der Waals surface area contributed by atoms with Crippen LogP contribution < -0.4 is 9.47 Å². The molecule has 2 aromatic heterocycles. The number of nitrogens with one attached hydrogen (secondary N) is 1. The monoisotopic (exact) mass is 242 g/mol. The van der Waals surface area contributed by atoms with Crippen LogP contribution in [-0.4, -0.2) is 26.5 Å². The summed E-state index contributed by atoms with van der Waals surface area (Å²) in [7, 11) is 0. The number of imidazole rings is 1. The number of benzene rings is 1. The lowest BCUT2D eigenvalue weighted by Crippen LogP contribution is -2.01. The van der Waals surface area contributed by atoms with Gasteiger partial charge in [-0.05, 0) is 6.07 Å². The summed E-state index contributed by atoms with van der Waals surface area (Å²) in [6.07, 6.45) is 5.28. The molecule has 3 heterocycles. The van der Waals surface area contributed by atoms with Gasteiger partial charge in [0, 0.05) is 17.6 Å². The van der Waals surface area contributed by atoms with Crippen LogP contribution in [0.1, 0.15) is 5.69 Å². The number of hydrogen-bond donors (Lipinski definition) is 1. The maximum atomic E-state index is 5.38. The Morgan fingerprint density at radius 2 is 2.11 bits per heavy atom. The van der Waals surface area contributed by atoms with Crippen molar-refractivity contribution >= 4 is 10.9 Å². The summed E-state index contributed by atoms with van der Waals surface area (Å²) in [4.78, 5) is 7.06. The second-order valence-corrected chi connectivity index (χ2v) is 4.14. The number of aromatic nitrogens is 4. The van der Waals surface area contributed by atoms with E-state index < -0.39 is 0 Å². The van der Waals surface area contributed by atoms with Crippen LogP contribution in [-0.2, 0) is 6.54 Å². The van der Waals surface area contributed by atoms with E-state index in [0.717, 1.165) is 28.1 Å². The van der Waals surface area contributed by atoms with Crippen LogP contribution in [0, 0.1) is 0 Å². The molecule has 1 aliphatic rings. The number of fused-ring (bicyclic) bond motifs is 2. The zero-order valence-electron chi connectivity index (χ0n) is 9.46. The summed E-state index contributed by atoms with van der Waals surface area (Å²) in [5.41, 5.74) is 2.03. The van der Waals surface area contributed by atoms with E-state index in [0.29, 0.717) is 6.54 Å². The third-order valence-electron chi connectivity index (χ3n) is 3.01. The molecule has 0 aliphatic carbocycles. The van der Waals surface area contributed by atoms with Gasteiger partial charge in [-0.15, -0.1) is 0 Å². The summed E-state index contributed by atoms with van der Waals surface area (Å²) in [6, 6.07) is 3.91. The maximum Gasteiger partial charge on any atom is 0.231 e. The van der Waals surface area contributed by atoms with Gasteiger partial charge in [0.25, 0.3) is 0 Å². The molecule has 0 bridgehead atoms. The molecule has 0 unspecified atom stereocenters. The summed E-state index contributed by atoms with van der Waals surface area (Å²) < 4.78 is 12.6. The molecule has 0 radical (unpaired) electrons. The lowest BCUT2D eigenvalue weighted by Gasteiger charge is -2.02. The predicted octanol–water partition coefficient (Wildman–Crippen LogP) is 1.54. The molecule has 0 saturated carbocycles. The van der Waals surface area contributed by atoms with Gasteiger partial charge in [0.2, 0.25) is 6.79 Å². The Morgan fingerprint density at radius 1 is 1.22 bits per heavy atom. The van der Waals surface area contributed by atoms with Crippen molar-refractivity contribution in [3.8, 4) is 11.5 Å². The molecule has 1 aromatic carbocycles. The molecule has 3 aromatic rings. The van der Waals surface area contributed by atoms with Crippen LogP contribution in [0.5, 0.6) is 11.5 Å². The third kappa shape index (κ3) is 1.35. The Morgan fingerprint density at radius 3 is 2.94 bits per heavy atom. The lowest BCUT2D eigenvalue weighted by molar-refractivity contribution is 0.174. The molecular formula is C12H10N4O2. The van der Waals surface area contributed by atoms with E-state index in [-0.39, 0.29) is 6.79 Å². The molecule has 6 nitrogen and oxygen atoms in total. The van der Waals surface area contributed by atoms with E-state index in [2.05, 4.69) is 15.1 Å². The molecule has 90 valence electrons. The highest BCUT2D eigenvalue weighted by atomic mass is 16.7. The van der Waals surface area contributed by atoms with Gasteiger partial charge in [0.1, 0.15) is 0 Å². The maximum absolute atomic E-state index is 5.38. The van der Waals surface area contributed by atoms with Crippen LogP contribution in [0.4, 0.5) is 0 Å². The van der Waals surface area contributed by atoms with Crippen molar-refractivity contribution in [1.29, 1.82) is 0 Å². The molecule has 1 N–H and O–H groups in total. The first-order chi connectivity index (χ1) is 8.90. The smallest absolute Gasteiger partial charge is 0.231 e. The van der Waals surface area contributed by atoms with Gasteiger partial charge in [-0.3, -0.25) is 4.68 Å². The first-order valence-corrected chi connectivity index (χ1v) is 5.62. The minimum atomic E-state index is 0.288. The van der Waals surface area contributed by atoms with E-state index in [1.54, 1.807) is 12.5 Å². The highest BCUT2D eigenvalue weighted by Crippen LogP contribution is 2.35. The summed E-state index contributed by atoms with van der Waals surface area (Å²) in [5.74, 6) is 1.55. The molecule has 18 heavy (non-hydrogen) atoms. The van der Waals surface area contributed by atoms with Crippen molar-refractivity contribution in [3.63, 3.8) is 0 Å². The van der Waals surface area contributed by atoms with Gasteiger partial charge in [-0.25, -0.2) is 4.98 Å². The van der Waals surface area contributed by atoms with Gasteiger partial charge < -0.3 is 14.5 Å². The Kier molecular flexibility index (Phi) is 1.85. The second kappa shape index (κ2) is 3.49. The number of ether oxygens (including phenoxy) is 2. The standard InChI is InChI=1S/C12H10N4O2/c1-8-3-15-16(5-9-4-13-6-14-9)10(8)2-12-11(1)17-7-18-12/h1-4,6H,5,7H2,(H,13,14). The number of aromatic amines is 1. The van der Waals surface area contributed by atoms with Crippen molar-refractivity contribution in [2.75, 3.05) is 6.79 Å². The summed E-state index contributed by atoms with van der Waals surface area (Å²) in [5, 5.41) is 5.41. The zero-order chi connectivity index (χ0) is 11.9. The molecule has 6 heteroatoms. The first kappa shape index (κ1) is 9.52. The largest absolute Gasteiger partial charge is 0.454 e. The third-order valence-corrected chi connectivity index (χ3v) is 3.01. The molecule has 0 fully saturated rings. The van der Waals surface area contributed by atoms with Gasteiger partial charge in [-0.1, -0.05) is 0 Å². The fourth-order valence-corrected chi connectivity index (χ4v) is 2.13. The minimum Gasteiger partial charge on any atom is -0.454 e. The van der Waals surface area contributed by atoms with Crippen molar-refractivity contribution < 1.29 is 9.47 Å². The Balaban J connectivity index is 1.82. The van der Waals surface area contributed by atoms with Gasteiger partial charge in [0.15, 0.2) is 11.5 Å². The van der Waals surface area contributed by atoms with Crippen molar-refractivity contribution in [2.45, 2.75) is 6.54 Å². The second-order valence-electron chi connectivity index (χ2n) is 4.14. The molecule has 0 spiro atoms. The van der Waals surface area contributed by atoms with Crippen LogP contribution in [0.3, 0.4) is 0 Å². The molecule has 0 saturated heterocycles. The summed E-state index contributed by atoms with van der Waals surface area (Å²) >= 11 is 0. The van der Waals surface area contributed by atoms with Crippen molar-refractivity contribution in [3.05, 3.63) is 36.5 Å². The van der Waals surface area contributed by atoms with Crippen LogP contribution in [0.15, 0.2) is 30.9 Å². The molecule has 4 rings (SSSR count). The fourth-order valence-electron chi connectivity index (χ4n) is 2.13. The first-order valence-electron chi connectivity index (χ1n) is 5.62. The highest BCUT2D eigenvalue weighted by molar-refractivity contribution is 5.83. The number of hydrogen-bond acceptors (Lipinski definition) is 4. The predicted molar refractivity (Wildman–Crippen MR) is 63.5 cm³/mol. The number of H-pyrrole nitrogens is 1. The Bertz CT molecular complexity index is 702. The van der Waals surface area contributed by atoms with Crippen LogP contribution in [0.2, 0.25) is 0 Å². The van der Waals surface area contributed by atoms with Gasteiger partial charge >= 0.3 is 0 Å². The molecular weight excluding hydrogens is 232 g/mol. The Hall–Kier alpha value is -2.50. The van der Waals surface area contributed by atoms with E-state index in [9.17, 15) is 0 Å². The molecule has 1 aliphatic heterocycles. The van der Waals surface area contributed by atoms with Crippen LogP contribution in [0.25, 0.3) is 10.9 Å². The average Bonchev–Trinajstić information content (AvgIpc) is 3.08. The quantitative estimate of drug-likeness (QED) is 0.740. The van der Waals surface area contributed by atoms with Crippen molar-refractivity contribution in [1.82, 2.24) is 19.7 Å². The van der Waals surface area contributed by atoms with Crippen LogP contribution >= 0.6 is 0 Å². The Labute approximate surface area is 102 Å². The molecule has 0 atom stereocenters. The van der Waals surface area contributed by atoms with E-state index in [1.165, 1.54) is 0 Å². The van der Waals surface area contributed by atoms with E-state index in [4.69, 9.17) is 9.47 Å². The fraction of sp³-hybridized carbons (Fsp3) is 0.167. The topological polar surface area (TPSA) is 65.0 Å². The minimum absolute atomic E-state index is 0.288. The van der Waals surface area contributed by atoms with Crippen molar-refractivity contribution in [2.24, 2.45) is 0 Å². The SMILES string of the molecule is c1ncc(Cn2ncc3cc4c(cc32)OCO4)[nH]1. The normalized spacial score (nSPS) is 13.3. The molecule has 0 amide bonds. The summed E-state index contributed by atoms with van der Waals surface area (Å²) in [6.45, 7) is 0.944. The van der Waals surface area contributed by atoms with E-state index >= 15 is 0 Å². The highest BCUT2D eigenvalue weighted by Gasteiger charge is 2.16. The zero-order valence-corrected chi connectivity index (χ0v) is 9.46. The average molecular weight is 242 g/mol. The lowest BCUT2D eigenvalue weighted by atomic mass is 10.2. The van der Waals surface area contributed by atoms with Gasteiger partial charge in [0.05, 0.1) is 30.3 Å². The van der Waals surface area contributed by atoms with E-state index in [1.807, 2.05) is 23.0 Å². The number of rotatable bonds is 2. The van der Waals surface area contributed by atoms with Gasteiger partial charge in [-0.2, -0.15) is 5.10 Å². The number of nitrogens with zero attached hydrogens (tertiary/aromatic N) is 3.